The van der Waals surface area contributed by atoms with Crippen molar-refractivity contribution in [2.45, 2.75) is 6.04 Å². The van der Waals surface area contributed by atoms with Crippen molar-refractivity contribution in [1.82, 2.24) is 0 Å². The Kier molecular flexibility index (Phi) is 1.36. The van der Waals surface area contributed by atoms with Crippen molar-refractivity contribution in [3.8, 4) is 0 Å². The molecule has 0 aromatic carbocycles. The lowest BCUT2D eigenvalue weighted by atomic mass is 10.1. The molecule has 2 aliphatic rings. The van der Waals surface area contributed by atoms with Gasteiger partial charge in [-0.15, -0.1) is 0 Å². The summed E-state index contributed by atoms with van der Waals surface area (Å²) in [5, 5.41) is 10.3. The van der Waals surface area contributed by atoms with E-state index in [1.165, 1.54) is 18.5 Å². The summed E-state index contributed by atoms with van der Waals surface area (Å²) in [6.45, 7) is 0. The van der Waals surface area contributed by atoms with Gasteiger partial charge in [-0.2, -0.15) is 0 Å². The van der Waals surface area contributed by atoms with E-state index in [2.05, 4.69) is 9.98 Å². The van der Waals surface area contributed by atoms with Gasteiger partial charge in [0.15, 0.2) is 0 Å². The molecule has 12 heavy (non-hydrogen) atoms. The Morgan fingerprint density at radius 1 is 1.50 bits per heavy atom. The summed E-state index contributed by atoms with van der Waals surface area (Å²) in [6.07, 6.45) is 5.96. The van der Waals surface area contributed by atoms with Gasteiger partial charge in [-0.05, 0) is 6.08 Å². The number of aliphatic imine (C=N–C) groups is 2. The average Bonchev–Trinajstić information content (AvgIpc) is 2.49. The molecule has 0 aromatic heterocycles. The Morgan fingerprint density at radius 3 is 3.08 bits per heavy atom. The molecular formula is C7H5N3O2. The third kappa shape index (κ3) is 0.952. The van der Waals surface area contributed by atoms with Gasteiger partial charge in [0.2, 0.25) is 0 Å². The number of hydrogen-bond acceptors (Lipinski definition) is 4. The topological polar surface area (TPSA) is 67.9 Å². The van der Waals surface area contributed by atoms with Gasteiger partial charge in [0.05, 0.1) is 10.6 Å². The number of fused-ring (bicyclic) bond motifs is 1. The van der Waals surface area contributed by atoms with Gasteiger partial charge in [-0.1, -0.05) is 0 Å². The van der Waals surface area contributed by atoms with Crippen LogP contribution in [0.5, 0.6) is 0 Å². The van der Waals surface area contributed by atoms with Crippen LogP contribution >= 0.6 is 0 Å². The smallest absolute Gasteiger partial charge is 0.259 e. The number of hydrogen-bond donors (Lipinski definition) is 0. The molecule has 0 saturated carbocycles. The van der Waals surface area contributed by atoms with E-state index in [1.807, 2.05) is 0 Å². The second-order valence-corrected chi connectivity index (χ2v) is 2.45. The molecule has 1 unspecified atom stereocenters. The van der Waals surface area contributed by atoms with Crippen LogP contribution in [0, 0.1) is 10.1 Å². The third-order valence-electron chi connectivity index (χ3n) is 1.70. The molecule has 0 aromatic rings. The summed E-state index contributed by atoms with van der Waals surface area (Å²) in [5.41, 5.74) is 0.846. The fourth-order valence-corrected chi connectivity index (χ4v) is 1.10. The summed E-state index contributed by atoms with van der Waals surface area (Å²) in [4.78, 5) is 17.8. The number of rotatable bonds is 1. The van der Waals surface area contributed by atoms with Crippen LogP contribution in [0.3, 0.4) is 0 Å². The van der Waals surface area contributed by atoms with Crippen LogP contribution in [0.1, 0.15) is 0 Å². The van der Waals surface area contributed by atoms with Gasteiger partial charge in [-0.25, -0.2) is 4.99 Å². The molecule has 0 spiro atoms. The van der Waals surface area contributed by atoms with Gasteiger partial charge in [0.1, 0.15) is 12.4 Å². The number of nitrogens with zero attached hydrogens (tertiary/aromatic N) is 3. The largest absolute Gasteiger partial charge is 0.268 e. The monoisotopic (exact) mass is 163 g/mol. The van der Waals surface area contributed by atoms with Crippen LogP contribution in [0.2, 0.25) is 0 Å². The van der Waals surface area contributed by atoms with E-state index >= 15 is 0 Å². The highest BCUT2D eigenvalue weighted by Crippen LogP contribution is 2.14. The molecule has 0 radical (unpaired) electrons. The van der Waals surface area contributed by atoms with Gasteiger partial charge in [0, 0.05) is 12.2 Å². The van der Waals surface area contributed by atoms with Gasteiger partial charge >= 0.3 is 0 Å². The van der Waals surface area contributed by atoms with E-state index in [0.717, 1.165) is 5.71 Å². The molecule has 1 atom stereocenters. The van der Waals surface area contributed by atoms with Crippen molar-refractivity contribution in [3.63, 3.8) is 0 Å². The Balaban J connectivity index is 2.34. The summed E-state index contributed by atoms with van der Waals surface area (Å²) in [7, 11) is 0. The summed E-state index contributed by atoms with van der Waals surface area (Å²) >= 11 is 0. The Hall–Kier alpha value is -1.78. The highest BCUT2D eigenvalue weighted by atomic mass is 16.6. The second-order valence-electron chi connectivity index (χ2n) is 2.45. The zero-order valence-corrected chi connectivity index (χ0v) is 6.04. The first-order chi connectivity index (χ1) is 5.77. The van der Waals surface area contributed by atoms with Crippen molar-refractivity contribution < 1.29 is 4.92 Å². The zero-order valence-electron chi connectivity index (χ0n) is 6.04. The molecule has 60 valence electrons. The van der Waals surface area contributed by atoms with Crippen molar-refractivity contribution in [3.05, 3.63) is 34.0 Å². The zero-order chi connectivity index (χ0) is 8.55. The van der Waals surface area contributed by atoms with Crippen molar-refractivity contribution in [2.75, 3.05) is 0 Å². The van der Waals surface area contributed by atoms with Gasteiger partial charge in [-0.3, -0.25) is 15.1 Å². The van der Waals surface area contributed by atoms with Crippen LogP contribution in [0.25, 0.3) is 0 Å². The molecule has 1 aliphatic heterocycles. The lowest BCUT2D eigenvalue weighted by Crippen LogP contribution is -2.16. The molecule has 1 aliphatic carbocycles. The first-order valence-electron chi connectivity index (χ1n) is 3.41. The standard InChI is InChI=1S/C7H5N3O2/c11-10(12)5-1-2-6-7(3-5)9-4-8-6/h1-4,7H. The van der Waals surface area contributed by atoms with Gasteiger partial charge < -0.3 is 0 Å². The fourth-order valence-electron chi connectivity index (χ4n) is 1.10. The second kappa shape index (κ2) is 2.37. The lowest BCUT2D eigenvalue weighted by molar-refractivity contribution is -0.419. The molecule has 0 fully saturated rings. The third-order valence-corrected chi connectivity index (χ3v) is 1.70. The minimum atomic E-state index is -0.429. The van der Waals surface area contributed by atoms with Crippen LogP contribution < -0.4 is 0 Å². The summed E-state index contributed by atoms with van der Waals surface area (Å²) in [5.74, 6) is 0. The van der Waals surface area contributed by atoms with Crippen LogP contribution in [-0.2, 0) is 0 Å². The normalized spacial score (nSPS) is 24.8. The van der Waals surface area contributed by atoms with E-state index in [1.54, 1.807) is 6.08 Å². The number of nitro groups is 1. The van der Waals surface area contributed by atoms with Crippen LogP contribution in [0.4, 0.5) is 0 Å². The maximum Gasteiger partial charge on any atom is 0.268 e. The van der Waals surface area contributed by atoms with E-state index < -0.39 is 4.92 Å². The summed E-state index contributed by atoms with van der Waals surface area (Å²) < 4.78 is 0. The molecule has 5 nitrogen and oxygen atoms in total. The van der Waals surface area contributed by atoms with Crippen molar-refractivity contribution in [1.29, 1.82) is 0 Å². The van der Waals surface area contributed by atoms with Crippen LogP contribution in [0.15, 0.2) is 33.9 Å². The quantitative estimate of drug-likeness (QED) is 0.418. The molecule has 2 rings (SSSR count). The Morgan fingerprint density at radius 2 is 2.33 bits per heavy atom. The van der Waals surface area contributed by atoms with E-state index in [4.69, 9.17) is 0 Å². The SMILES string of the molecule is O=[N+]([O-])C1=CC2N=CN=C2C=C1. The fraction of sp³-hybridized carbons (Fsp3) is 0.143. The van der Waals surface area contributed by atoms with E-state index in [-0.39, 0.29) is 11.7 Å². The first kappa shape index (κ1) is 6.90. The lowest BCUT2D eigenvalue weighted by Gasteiger charge is -2.05. The minimum Gasteiger partial charge on any atom is -0.259 e. The van der Waals surface area contributed by atoms with Gasteiger partial charge in [0.25, 0.3) is 5.70 Å². The van der Waals surface area contributed by atoms with E-state index in [9.17, 15) is 10.1 Å². The van der Waals surface area contributed by atoms with Crippen molar-refractivity contribution >= 4 is 12.1 Å². The summed E-state index contributed by atoms with van der Waals surface area (Å²) in [6, 6.07) is -0.240. The molecular weight excluding hydrogens is 158 g/mol. The molecule has 0 bridgehead atoms. The Labute approximate surface area is 68.0 Å². The maximum atomic E-state index is 10.3. The van der Waals surface area contributed by atoms with Crippen molar-refractivity contribution in [2.24, 2.45) is 9.98 Å². The molecule has 0 N–H and O–H groups in total. The predicted octanol–water partition coefficient (Wildman–Crippen LogP) is 0.568. The maximum absolute atomic E-state index is 10.3. The highest BCUT2D eigenvalue weighted by Gasteiger charge is 2.22. The highest BCUT2D eigenvalue weighted by molar-refractivity contribution is 6.08. The molecule has 5 heteroatoms. The molecule has 1 heterocycles. The molecule has 0 saturated heterocycles. The predicted molar refractivity (Wildman–Crippen MR) is 43.9 cm³/mol. The first-order valence-corrected chi connectivity index (χ1v) is 3.41. The Bertz CT molecular complexity index is 352. The molecule has 0 amide bonds. The van der Waals surface area contributed by atoms with Crippen LogP contribution in [-0.4, -0.2) is 23.0 Å². The average molecular weight is 163 g/mol. The minimum absolute atomic E-state index is 0.0815. The number of allylic oxidation sites excluding steroid dienone is 1. The van der Waals surface area contributed by atoms with E-state index in [0.29, 0.717) is 0 Å².